The lowest BCUT2D eigenvalue weighted by Gasteiger charge is -2.27. The first kappa shape index (κ1) is 32.0. The van der Waals surface area contributed by atoms with Crippen LogP contribution in [0, 0.1) is 0 Å². The lowest BCUT2D eigenvalue weighted by atomic mass is 9.97. The van der Waals surface area contributed by atoms with Crippen molar-refractivity contribution >= 4 is 71.2 Å². The van der Waals surface area contributed by atoms with Crippen molar-refractivity contribution in [1.29, 1.82) is 0 Å². The summed E-state index contributed by atoms with van der Waals surface area (Å²) >= 11 is 0. The number of benzene rings is 10. The largest absolute Gasteiger partial charge is 0.310 e. The third-order valence-electron chi connectivity index (χ3n) is 11.3. The Hall–Kier alpha value is -7.42. The molecule has 11 rings (SSSR count). The zero-order valence-corrected chi connectivity index (χ0v) is 30.7. The summed E-state index contributed by atoms with van der Waals surface area (Å²) in [5.41, 5.74) is 11.7. The number of rotatable bonds is 6. The Kier molecular flexibility index (Phi) is 7.53. The summed E-state index contributed by atoms with van der Waals surface area (Å²) in [6.07, 6.45) is 0. The van der Waals surface area contributed by atoms with Gasteiger partial charge in [-0.1, -0.05) is 164 Å². The van der Waals surface area contributed by atoms with Crippen molar-refractivity contribution in [3.05, 3.63) is 218 Å². The molecular weight excluding hydrogens is 677 g/mol. The highest BCUT2D eigenvalue weighted by molar-refractivity contribution is 6.22. The van der Waals surface area contributed by atoms with Crippen molar-refractivity contribution in [1.82, 2.24) is 4.57 Å². The van der Waals surface area contributed by atoms with Gasteiger partial charge in [0, 0.05) is 38.9 Å². The van der Waals surface area contributed by atoms with Gasteiger partial charge < -0.3 is 9.47 Å². The van der Waals surface area contributed by atoms with Gasteiger partial charge in [-0.3, -0.25) is 0 Å². The van der Waals surface area contributed by atoms with E-state index in [1.165, 1.54) is 76.4 Å². The van der Waals surface area contributed by atoms with Gasteiger partial charge in [-0.15, -0.1) is 0 Å². The van der Waals surface area contributed by atoms with E-state index in [4.69, 9.17) is 0 Å². The molecule has 11 aromatic rings. The highest BCUT2D eigenvalue weighted by Crippen LogP contribution is 2.44. The lowest BCUT2D eigenvalue weighted by Crippen LogP contribution is -2.10. The fourth-order valence-corrected chi connectivity index (χ4v) is 8.75. The second-order valence-electron chi connectivity index (χ2n) is 14.5. The van der Waals surface area contributed by atoms with Crippen LogP contribution in [-0.2, 0) is 0 Å². The number of para-hydroxylation sites is 1. The second-order valence-corrected chi connectivity index (χ2v) is 14.5. The molecule has 0 amide bonds. The average molecular weight is 713 g/mol. The van der Waals surface area contributed by atoms with Gasteiger partial charge in [-0.25, -0.2) is 0 Å². The summed E-state index contributed by atoms with van der Waals surface area (Å²) in [6, 6.07) is 79.5. The number of hydrogen-bond acceptors (Lipinski definition) is 1. The molecule has 0 aliphatic rings. The quantitative estimate of drug-likeness (QED) is 0.156. The van der Waals surface area contributed by atoms with Crippen LogP contribution in [0.15, 0.2) is 218 Å². The topological polar surface area (TPSA) is 8.17 Å². The van der Waals surface area contributed by atoms with Gasteiger partial charge in [0.05, 0.1) is 11.0 Å². The van der Waals surface area contributed by atoms with Gasteiger partial charge in [-0.05, 0) is 104 Å². The predicted molar refractivity (Wildman–Crippen MR) is 239 cm³/mol. The van der Waals surface area contributed by atoms with E-state index in [-0.39, 0.29) is 0 Å². The van der Waals surface area contributed by atoms with Crippen molar-refractivity contribution in [3.63, 3.8) is 0 Å². The van der Waals surface area contributed by atoms with Crippen LogP contribution in [0.2, 0.25) is 0 Å². The van der Waals surface area contributed by atoms with E-state index in [0.717, 1.165) is 22.7 Å². The molecule has 0 saturated heterocycles. The summed E-state index contributed by atoms with van der Waals surface area (Å²) in [5, 5.41) is 9.99. The normalized spacial score (nSPS) is 11.6. The van der Waals surface area contributed by atoms with Crippen LogP contribution < -0.4 is 4.90 Å². The average Bonchev–Trinajstić information content (AvgIpc) is 3.62. The van der Waals surface area contributed by atoms with E-state index < -0.39 is 0 Å². The molecule has 262 valence electrons. The van der Waals surface area contributed by atoms with Crippen molar-refractivity contribution in [3.8, 4) is 27.9 Å². The highest BCUT2D eigenvalue weighted by Gasteiger charge is 2.20. The van der Waals surface area contributed by atoms with Gasteiger partial charge in [0.1, 0.15) is 0 Å². The molecule has 1 aromatic heterocycles. The van der Waals surface area contributed by atoms with Crippen LogP contribution >= 0.6 is 0 Å². The Bertz CT molecular complexity index is 3230. The molecule has 0 fully saturated rings. The van der Waals surface area contributed by atoms with Crippen LogP contribution in [0.1, 0.15) is 0 Å². The third-order valence-corrected chi connectivity index (χ3v) is 11.3. The molecule has 0 unspecified atom stereocenters. The maximum absolute atomic E-state index is 2.44. The Morgan fingerprint density at radius 2 is 0.893 bits per heavy atom. The van der Waals surface area contributed by atoms with E-state index in [1.807, 2.05) is 0 Å². The van der Waals surface area contributed by atoms with Gasteiger partial charge in [-0.2, -0.15) is 0 Å². The Labute approximate surface area is 325 Å². The van der Waals surface area contributed by atoms with Crippen LogP contribution in [0.25, 0.3) is 82.1 Å². The van der Waals surface area contributed by atoms with E-state index in [1.54, 1.807) is 0 Å². The van der Waals surface area contributed by atoms with Crippen LogP contribution in [-0.4, -0.2) is 4.57 Å². The molecule has 0 spiro atoms. The monoisotopic (exact) mass is 712 g/mol. The van der Waals surface area contributed by atoms with Gasteiger partial charge >= 0.3 is 0 Å². The van der Waals surface area contributed by atoms with Crippen LogP contribution in [0.4, 0.5) is 17.1 Å². The van der Waals surface area contributed by atoms with E-state index in [0.29, 0.717) is 0 Å². The summed E-state index contributed by atoms with van der Waals surface area (Å²) < 4.78 is 2.44. The van der Waals surface area contributed by atoms with Gasteiger partial charge in [0.25, 0.3) is 0 Å². The van der Waals surface area contributed by atoms with E-state index in [2.05, 4.69) is 228 Å². The zero-order chi connectivity index (χ0) is 37.0. The number of aromatic nitrogens is 1. The molecule has 2 nitrogen and oxygen atoms in total. The van der Waals surface area contributed by atoms with Crippen LogP contribution in [0.5, 0.6) is 0 Å². The molecule has 0 aliphatic heterocycles. The lowest BCUT2D eigenvalue weighted by molar-refractivity contribution is 1.19. The summed E-state index contributed by atoms with van der Waals surface area (Å²) in [6.45, 7) is 0. The third kappa shape index (κ3) is 5.26. The fraction of sp³-hybridized carbons (Fsp3) is 0. The first-order chi connectivity index (χ1) is 27.8. The predicted octanol–water partition coefficient (Wildman–Crippen LogP) is 15.0. The van der Waals surface area contributed by atoms with Gasteiger partial charge in [0.15, 0.2) is 0 Å². The number of hydrogen-bond donors (Lipinski definition) is 0. The minimum atomic E-state index is 1.10. The van der Waals surface area contributed by atoms with E-state index in [9.17, 15) is 0 Å². The highest BCUT2D eigenvalue weighted by atomic mass is 15.1. The Morgan fingerprint density at radius 3 is 1.71 bits per heavy atom. The molecule has 0 N–H and O–H groups in total. The fourth-order valence-electron chi connectivity index (χ4n) is 8.75. The zero-order valence-electron chi connectivity index (χ0n) is 30.7. The van der Waals surface area contributed by atoms with Crippen molar-refractivity contribution < 1.29 is 0 Å². The maximum atomic E-state index is 2.44. The molecule has 1 heterocycles. The molecule has 10 aromatic carbocycles. The minimum absolute atomic E-state index is 1.10. The first-order valence-corrected chi connectivity index (χ1v) is 19.3. The summed E-state index contributed by atoms with van der Waals surface area (Å²) in [4.78, 5) is 2.40. The minimum Gasteiger partial charge on any atom is -0.310 e. The second kappa shape index (κ2) is 13.2. The first-order valence-electron chi connectivity index (χ1n) is 19.3. The Balaban J connectivity index is 1.12. The number of fused-ring (bicyclic) bond motifs is 8. The van der Waals surface area contributed by atoms with E-state index >= 15 is 0 Å². The molecule has 56 heavy (non-hydrogen) atoms. The molecular formula is C54H36N2. The molecule has 0 saturated carbocycles. The smallest absolute Gasteiger partial charge is 0.0619 e. The van der Waals surface area contributed by atoms with Crippen molar-refractivity contribution in [2.75, 3.05) is 4.90 Å². The molecule has 0 bridgehead atoms. The van der Waals surface area contributed by atoms with Crippen molar-refractivity contribution in [2.24, 2.45) is 0 Å². The molecule has 0 radical (unpaired) electrons. The summed E-state index contributed by atoms with van der Waals surface area (Å²) in [7, 11) is 0. The molecule has 0 atom stereocenters. The SMILES string of the molecule is c1ccc(-c2ccc(N(c3cccc(-c4cccc5c4c4ccc6ccccc6c4n5-c4ccccc4)c3)c3ccc4c(ccc5ccccc54)c3)cc2)cc1. The van der Waals surface area contributed by atoms with Gasteiger partial charge in [0.2, 0.25) is 0 Å². The van der Waals surface area contributed by atoms with Crippen LogP contribution in [0.3, 0.4) is 0 Å². The maximum Gasteiger partial charge on any atom is 0.0619 e. The number of nitrogens with zero attached hydrogens (tertiary/aromatic N) is 2. The Morgan fingerprint density at radius 1 is 0.321 bits per heavy atom. The number of anilines is 3. The van der Waals surface area contributed by atoms with Crippen molar-refractivity contribution in [2.45, 2.75) is 0 Å². The molecule has 2 heteroatoms. The summed E-state index contributed by atoms with van der Waals surface area (Å²) in [5.74, 6) is 0. The standard InChI is InChI=1S/C54H36N2/c1-3-13-37(14-4-1)38-27-30-44(31-28-38)55(46-32-34-48-42(36-46)26-25-39-15-7-9-21-47(39)48)45-20-11-17-41(35-45)49-23-12-24-52-53(49)51-33-29-40-16-8-10-22-50(40)54(51)56(52)43-18-5-2-6-19-43/h1-36H. The molecule has 0 aliphatic carbocycles.